The highest BCUT2D eigenvalue weighted by atomic mass is 127. The zero-order valence-electron chi connectivity index (χ0n) is 15.3. The predicted molar refractivity (Wildman–Crippen MR) is 108 cm³/mol. The third-order valence-electron chi connectivity index (χ3n) is 4.89. The number of aryl methyl sites for hydroxylation is 2. The Hall–Kier alpha value is -2.18. The first-order valence-electron chi connectivity index (χ1n) is 9.02. The number of hydrogen-bond acceptors (Lipinski definition) is 1. The van der Waals surface area contributed by atoms with Crippen LogP contribution < -0.4 is 28.5 Å². The molecule has 0 saturated heterocycles. The molecule has 0 aliphatic carbocycles. The number of aliphatic hydroxyl groups excluding tert-OH is 1. The molecule has 0 amide bonds. The molecule has 3 nitrogen and oxygen atoms in total. The summed E-state index contributed by atoms with van der Waals surface area (Å²) in [5, 5.41) is 11.6. The summed E-state index contributed by atoms with van der Waals surface area (Å²) in [5.74, 6) is 0. The number of rotatable bonds is 5. The van der Waals surface area contributed by atoms with Crippen LogP contribution in [0.2, 0.25) is 0 Å². The maximum atomic E-state index is 9.15. The minimum absolute atomic E-state index is 0. The molecule has 0 saturated carbocycles. The Balaban J connectivity index is 0.00000210. The summed E-state index contributed by atoms with van der Waals surface area (Å²) in [4.78, 5) is 0. The van der Waals surface area contributed by atoms with E-state index < -0.39 is 0 Å². The average molecular weight is 470 g/mol. The Bertz CT molecular complexity index is 1100. The first-order chi connectivity index (χ1) is 12.8. The van der Waals surface area contributed by atoms with Crippen LogP contribution in [0.5, 0.6) is 0 Å². The minimum atomic E-state index is 0. The molecular weight excluding hydrogens is 447 g/mol. The lowest BCUT2D eigenvalue weighted by molar-refractivity contribution is -0.644. The summed E-state index contributed by atoms with van der Waals surface area (Å²) in [5.41, 5.74) is 4.85. The number of para-hydroxylation sites is 2. The molecule has 27 heavy (non-hydrogen) atoms. The van der Waals surface area contributed by atoms with Gasteiger partial charge in [-0.1, -0.05) is 42.5 Å². The van der Waals surface area contributed by atoms with E-state index in [0.29, 0.717) is 0 Å². The number of hydrogen-bond donors (Lipinski definition) is 1. The SMILES string of the molecule is C[n+]1ccc(C=Cc2cn(CCCO)c3ccccc23)c2ccccc21.[I-]. The van der Waals surface area contributed by atoms with E-state index >= 15 is 0 Å². The molecule has 0 atom stereocenters. The molecule has 4 heteroatoms. The van der Waals surface area contributed by atoms with Gasteiger partial charge >= 0.3 is 0 Å². The van der Waals surface area contributed by atoms with Gasteiger partial charge in [-0.15, -0.1) is 0 Å². The molecule has 4 aromatic rings. The van der Waals surface area contributed by atoms with Crippen LogP contribution >= 0.6 is 0 Å². The van der Waals surface area contributed by atoms with E-state index in [1.807, 2.05) is 0 Å². The van der Waals surface area contributed by atoms with Crippen molar-refractivity contribution in [2.24, 2.45) is 7.05 Å². The van der Waals surface area contributed by atoms with Crippen molar-refractivity contribution in [2.45, 2.75) is 13.0 Å². The van der Waals surface area contributed by atoms with Crippen molar-refractivity contribution in [1.82, 2.24) is 4.57 Å². The van der Waals surface area contributed by atoms with Crippen molar-refractivity contribution in [1.29, 1.82) is 0 Å². The van der Waals surface area contributed by atoms with Crippen molar-refractivity contribution in [2.75, 3.05) is 6.61 Å². The van der Waals surface area contributed by atoms with Gasteiger partial charge in [-0.25, -0.2) is 4.57 Å². The maximum absolute atomic E-state index is 9.15. The fourth-order valence-corrected chi connectivity index (χ4v) is 3.55. The smallest absolute Gasteiger partial charge is 0.212 e. The van der Waals surface area contributed by atoms with Gasteiger partial charge in [0.1, 0.15) is 7.05 Å². The van der Waals surface area contributed by atoms with Crippen LogP contribution in [0.3, 0.4) is 0 Å². The van der Waals surface area contributed by atoms with E-state index in [2.05, 4.69) is 95.3 Å². The minimum Gasteiger partial charge on any atom is -1.00 e. The molecule has 4 rings (SSSR count). The van der Waals surface area contributed by atoms with Gasteiger partial charge < -0.3 is 33.7 Å². The topological polar surface area (TPSA) is 29.0 Å². The Labute approximate surface area is 176 Å². The van der Waals surface area contributed by atoms with Crippen LogP contribution in [0.15, 0.2) is 67.0 Å². The van der Waals surface area contributed by atoms with Crippen LogP contribution in [-0.2, 0) is 13.6 Å². The van der Waals surface area contributed by atoms with E-state index in [0.717, 1.165) is 13.0 Å². The number of halogens is 1. The standard InChI is InChI=1S/C23H23N2O.HI/c1-24-15-13-18(20-7-2-4-9-22(20)24)11-12-19-17-25(14-6-16-26)23-10-5-3-8-21(19)23;/h2-5,7-13,15,17,26H,6,14,16H2,1H3;1H/q+1;/p-1. The highest BCUT2D eigenvalue weighted by molar-refractivity contribution is 5.95. The van der Waals surface area contributed by atoms with Crippen LogP contribution in [0.25, 0.3) is 34.0 Å². The fraction of sp³-hybridized carbons (Fsp3) is 0.174. The van der Waals surface area contributed by atoms with Gasteiger partial charge in [0.2, 0.25) is 5.52 Å². The Morgan fingerprint density at radius 2 is 1.63 bits per heavy atom. The summed E-state index contributed by atoms with van der Waals surface area (Å²) in [6.45, 7) is 1.04. The summed E-state index contributed by atoms with van der Waals surface area (Å²) >= 11 is 0. The lowest BCUT2D eigenvalue weighted by Crippen LogP contribution is -3.00. The van der Waals surface area contributed by atoms with Crippen LogP contribution in [0, 0.1) is 0 Å². The second kappa shape index (κ2) is 8.67. The monoisotopic (exact) mass is 470 g/mol. The molecule has 1 N–H and O–H groups in total. The van der Waals surface area contributed by atoms with Gasteiger partial charge in [0.25, 0.3) is 0 Å². The number of fused-ring (bicyclic) bond motifs is 2. The molecule has 2 aromatic carbocycles. The van der Waals surface area contributed by atoms with E-state index in [9.17, 15) is 0 Å². The number of aromatic nitrogens is 2. The molecule has 0 aliphatic heterocycles. The van der Waals surface area contributed by atoms with Crippen molar-refractivity contribution in [3.05, 3.63) is 78.1 Å². The van der Waals surface area contributed by atoms with Gasteiger partial charge in [0.05, 0.1) is 5.39 Å². The Morgan fingerprint density at radius 3 is 2.44 bits per heavy atom. The lowest BCUT2D eigenvalue weighted by Gasteiger charge is -2.02. The normalized spacial score (nSPS) is 11.3. The van der Waals surface area contributed by atoms with Gasteiger partial charge in [0, 0.05) is 42.4 Å². The third kappa shape index (κ3) is 3.92. The van der Waals surface area contributed by atoms with Crippen LogP contribution in [-0.4, -0.2) is 16.3 Å². The summed E-state index contributed by atoms with van der Waals surface area (Å²) in [6.07, 6.45) is 9.44. The van der Waals surface area contributed by atoms with Gasteiger partial charge in [-0.2, -0.15) is 0 Å². The number of benzene rings is 2. The average Bonchev–Trinajstić information content (AvgIpc) is 3.04. The second-order valence-electron chi connectivity index (χ2n) is 6.60. The molecule has 0 spiro atoms. The van der Waals surface area contributed by atoms with Gasteiger partial charge in [-0.3, -0.25) is 0 Å². The van der Waals surface area contributed by atoms with Crippen molar-refractivity contribution in [3.63, 3.8) is 0 Å². The molecule has 0 radical (unpaired) electrons. The van der Waals surface area contributed by atoms with Gasteiger partial charge in [0.15, 0.2) is 6.20 Å². The quantitative estimate of drug-likeness (QED) is 0.345. The van der Waals surface area contributed by atoms with E-state index in [1.165, 1.54) is 32.9 Å². The zero-order chi connectivity index (χ0) is 17.9. The van der Waals surface area contributed by atoms with Gasteiger partial charge in [-0.05, 0) is 29.7 Å². The van der Waals surface area contributed by atoms with E-state index in [-0.39, 0.29) is 30.6 Å². The second-order valence-corrected chi connectivity index (χ2v) is 6.60. The van der Waals surface area contributed by atoms with Crippen molar-refractivity contribution < 1.29 is 33.7 Å². The molecule has 0 fully saturated rings. The third-order valence-corrected chi connectivity index (χ3v) is 4.89. The Morgan fingerprint density at radius 1 is 0.926 bits per heavy atom. The fourth-order valence-electron chi connectivity index (χ4n) is 3.55. The Kier molecular flexibility index (Phi) is 6.29. The molecule has 0 aliphatic rings. The van der Waals surface area contributed by atoms with Crippen LogP contribution in [0.1, 0.15) is 17.5 Å². The summed E-state index contributed by atoms with van der Waals surface area (Å²) in [7, 11) is 2.07. The first-order valence-corrected chi connectivity index (χ1v) is 9.02. The van der Waals surface area contributed by atoms with Crippen molar-refractivity contribution in [3.8, 4) is 0 Å². The summed E-state index contributed by atoms with van der Waals surface area (Å²) in [6, 6.07) is 19.1. The largest absolute Gasteiger partial charge is 1.00 e. The highest BCUT2D eigenvalue weighted by Crippen LogP contribution is 2.25. The summed E-state index contributed by atoms with van der Waals surface area (Å²) < 4.78 is 4.38. The predicted octanol–water partition coefficient (Wildman–Crippen LogP) is 1.18. The maximum Gasteiger partial charge on any atom is 0.212 e. The molecule has 2 aromatic heterocycles. The van der Waals surface area contributed by atoms with Crippen LogP contribution in [0.4, 0.5) is 0 Å². The number of pyridine rings is 1. The highest BCUT2D eigenvalue weighted by Gasteiger charge is 2.08. The molecular formula is C23H23IN2O. The zero-order valence-corrected chi connectivity index (χ0v) is 17.5. The molecule has 138 valence electrons. The van der Waals surface area contributed by atoms with E-state index in [1.54, 1.807) is 0 Å². The molecule has 0 bridgehead atoms. The van der Waals surface area contributed by atoms with E-state index in [4.69, 9.17) is 5.11 Å². The number of aliphatic hydroxyl groups is 1. The molecule has 2 heterocycles. The number of nitrogens with zero attached hydrogens (tertiary/aromatic N) is 2. The molecule has 0 unspecified atom stereocenters. The lowest BCUT2D eigenvalue weighted by atomic mass is 10.1. The first kappa shape index (κ1) is 19.6. The van der Waals surface area contributed by atoms with Crippen molar-refractivity contribution >= 4 is 34.0 Å².